The van der Waals surface area contributed by atoms with E-state index in [1.165, 1.54) is 30.3 Å². The number of rotatable bonds is 5. The van der Waals surface area contributed by atoms with Gasteiger partial charge in [-0.15, -0.1) is 13.2 Å². The van der Waals surface area contributed by atoms with Gasteiger partial charge in [0.25, 0.3) is 0 Å². The highest BCUT2D eigenvalue weighted by molar-refractivity contribution is 6.29. The van der Waals surface area contributed by atoms with Gasteiger partial charge in [-0.3, -0.25) is 0 Å². The molecule has 30 heavy (non-hydrogen) atoms. The van der Waals surface area contributed by atoms with Crippen molar-refractivity contribution in [3.8, 4) is 5.75 Å². The van der Waals surface area contributed by atoms with Crippen LogP contribution in [-0.2, 0) is 10.9 Å². The number of aromatic nitrogens is 2. The molecule has 1 N–H and O–H groups in total. The van der Waals surface area contributed by atoms with Crippen LogP contribution in [-0.4, -0.2) is 29.0 Å². The zero-order valence-corrected chi connectivity index (χ0v) is 16.0. The predicted octanol–water partition coefficient (Wildman–Crippen LogP) is 5.77. The highest BCUT2D eigenvalue weighted by Crippen LogP contribution is 2.33. The summed E-state index contributed by atoms with van der Waals surface area (Å²) in [4.78, 5) is 6.57. The van der Waals surface area contributed by atoms with Gasteiger partial charge in [-0.1, -0.05) is 23.7 Å². The van der Waals surface area contributed by atoms with Crippen molar-refractivity contribution in [1.29, 1.82) is 0 Å². The lowest BCUT2D eigenvalue weighted by Crippen LogP contribution is -2.29. The molecule has 0 saturated carbocycles. The van der Waals surface area contributed by atoms with Gasteiger partial charge in [0.2, 0.25) is 5.82 Å². The summed E-state index contributed by atoms with van der Waals surface area (Å²) in [5, 5.41) is 2.42. The summed E-state index contributed by atoms with van der Waals surface area (Å²) in [7, 11) is 0. The first-order valence-electron chi connectivity index (χ1n) is 8.86. The largest absolute Gasteiger partial charge is 0.573 e. The molecule has 0 radical (unpaired) electrons. The minimum Gasteiger partial charge on any atom is -0.406 e. The molecule has 12 heteroatoms. The second kappa shape index (κ2) is 8.84. The topological polar surface area (TPSA) is 56.3 Å². The van der Waals surface area contributed by atoms with Crippen LogP contribution < -0.4 is 10.1 Å². The Labute approximate surface area is 172 Å². The number of nitrogens with one attached hydrogen (secondary N) is 1. The molecule has 164 valence electrons. The van der Waals surface area contributed by atoms with E-state index in [0.29, 0.717) is 18.4 Å². The molecule has 3 rings (SSSR count). The van der Waals surface area contributed by atoms with Crippen molar-refractivity contribution in [3.63, 3.8) is 0 Å². The van der Waals surface area contributed by atoms with Crippen LogP contribution in [0.4, 0.5) is 32.2 Å². The first kappa shape index (κ1) is 22.4. The van der Waals surface area contributed by atoms with Crippen LogP contribution in [0.3, 0.4) is 0 Å². The molecule has 2 aromatic rings. The van der Waals surface area contributed by atoms with Crippen molar-refractivity contribution in [1.82, 2.24) is 9.97 Å². The number of alkyl halides is 6. The normalized spacial score (nSPS) is 20.1. The fourth-order valence-electron chi connectivity index (χ4n) is 3.03. The van der Waals surface area contributed by atoms with Crippen LogP contribution in [0.1, 0.15) is 36.8 Å². The molecule has 1 aromatic carbocycles. The average molecular weight is 456 g/mol. The van der Waals surface area contributed by atoms with Crippen LogP contribution in [0, 0.1) is 0 Å². The fourth-order valence-corrected chi connectivity index (χ4v) is 3.22. The van der Waals surface area contributed by atoms with Crippen LogP contribution in [0.15, 0.2) is 30.3 Å². The average Bonchev–Trinajstić information content (AvgIpc) is 2.65. The minimum absolute atomic E-state index is 0.0818. The number of ether oxygens (including phenoxy) is 2. The molecule has 0 bridgehead atoms. The maximum Gasteiger partial charge on any atom is 0.573 e. The number of nitrogens with zero attached hydrogens (tertiary/aromatic N) is 2. The number of anilines is 1. The van der Waals surface area contributed by atoms with Crippen LogP contribution >= 0.6 is 11.6 Å². The molecule has 0 amide bonds. The summed E-state index contributed by atoms with van der Waals surface area (Å²) in [6.07, 6.45) is -8.10. The molecule has 2 heterocycles. The summed E-state index contributed by atoms with van der Waals surface area (Å²) >= 11 is 5.63. The van der Waals surface area contributed by atoms with E-state index in [9.17, 15) is 26.3 Å². The first-order chi connectivity index (χ1) is 14.0. The van der Waals surface area contributed by atoms with Gasteiger partial charge < -0.3 is 14.8 Å². The summed E-state index contributed by atoms with van der Waals surface area (Å²) in [5.74, 6) is -1.76. The van der Waals surface area contributed by atoms with Gasteiger partial charge in [0.1, 0.15) is 16.7 Å². The highest BCUT2D eigenvalue weighted by Gasteiger charge is 2.35. The smallest absolute Gasteiger partial charge is 0.406 e. The summed E-state index contributed by atoms with van der Waals surface area (Å²) in [6.45, 7) is 0.177. The standard InChI is InChI=1S/C18H16ClF6N3O2/c19-14-8-15(28-16(27-14)17(20,21)22)26-9-12-2-1-3-13(29-12)10-4-6-11(7-5-10)30-18(23,24)25/h4-8,12-13H,1-3,9H2,(H,26,27,28)/t12-,13+/m1/s1. The van der Waals surface area contributed by atoms with Crippen molar-refractivity contribution < 1.29 is 35.8 Å². The highest BCUT2D eigenvalue weighted by atomic mass is 35.5. The van der Waals surface area contributed by atoms with Gasteiger partial charge in [0.05, 0.1) is 12.2 Å². The van der Waals surface area contributed by atoms with E-state index >= 15 is 0 Å². The Morgan fingerprint density at radius 2 is 1.77 bits per heavy atom. The van der Waals surface area contributed by atoms with E-state index in [2.05, 4.69) is 20.0 Å². The monoisotopic (exact) mass is 455 g/mol. The zero-order valence-electron chi connectivity index (χ0n) is 15.2. The van der Waals surface area contributed by atoms with E-state index in [-0.39, 0.29) is 35.5 Å². The molecule has 1 aliphatic heterocycles. The first-order valence-corrected chi connectivity index (χ1v) is 9.24. The Balaban J connectivity index is 1.60. The van der Waals surface area contributed by atoms with Crippen molar-refractivity contribution in [2.24, 2.45) is 0 Å². The Bertz CT molecular complexity index is 860. The lowest BCUT2D eigenvalue weighted by molar-refractivity contribution is -0.274. The second-order valence-corrected chi connectivity index (χ2v) is 6.96. The van der Waals surface area contributed by atoms with E-state index < -0.39 is 18.4 Å². The molecule has 1 aliphatic rings. The lowest BCUT2D eigenvalue weighted by atomic mass is 9.98. The second-order valence-electron chi connectivity index (χ2n) is 6.57. The Hall–Kier alpha value is -2.27. The van der Waals surface area contributed by atoms with E-state index in [1.807, 2.05) is 0 Å². The number of hydrogen-bond donors (Lipinski definition) is 1. The fraction of sp³-hybridized carbons (Fsp3) is 0.444. The zero-order chi connectivity index (χ0) is 21.9. The summed E-state index contributed by atoms with van der Waals surface area (Å²) < 4.78 is 84.9. The lowest BCUT2D eigenvalue weighted by Gasteiger charge is -2.30. The van der Waals surface area contributed by atoms with Crippen LogP contribution in [0.5, 0.6) is 5.75 Å². The van der Waals surface area contributed by atoms with Crippen molar-refractivity contribution in [2.45, 2.75) is 44.0 Å². The number of halogens is 7. The predicted molar refractivity (Wildman–Crippen MR) is 95.1 cm³/mol. The quantitative estimate of drug-likeness (QED) is 0.458. The van der Waals surface area contributed by atoms with Crippen LogP contribution in [0.2, 0.25) is 5.15 Å². The van der Waals surface area contributed by atoms with Gasteiger partial charge >= 0.3 is 12.5 Å². The Kier molecular flexibility index (Phi) is 6.61. The third-order valence-corrected chi connectivity index (χ3v) is 4.49. The minimum atomic E-state index is -4.77. The van der Waals surface area contributed by atoms with Gasteiger partial charge in [-0.05, 0) is 37.0 Å². The third kappa shape index (κ3) is 6.36. The molecule has 1 aromatic heterocycles. The molecular formula is C18H16ClF6N3O2. The number of hydrogen-bond acceptors (Lipinski definition) is 5. The van der Waals surface area contributed by atoms with E-state index in [1.54, 1.807) is 0 Å². The van der Waals surface area contributed by atoms with Crippen molar-refractivity contribution in [3.05, 3.63) is 46.9 Å². The molecule has 0 unspecified atom stereocenters. The SMILES string of the molecule is FC(F)(F)Oc1ccc([C@@H]2CCC[C@H](CNc3cc(Cl)nc(C(F)(F)F)n3)O2)cc1. The molecule has 1 saturated heterocycles. The molecule has 0 spiro atoms. The van der Waals surface area contributed by atoms with Gasteiger partial charge in [0.15, 0.2) is 0 Å². The molecule has 5 nitrogen and oxygen atoms in total. The van der Waals surface area contributed by atoms with Crippen LogP contribution in [0.25, 0.3) is 0 Å². The Morgan fingerprint density at radius 1 is 1.07 bits per heavy atom. The maximum absolute atomic E-state index is 12.8. The van der Waals surface area contributed by atoms with Crippen molar-refractivity contribution >= 4 is 17.4 Å². The molecule has 1 fully saturated rings. The third-order valence-electron chi connectivity index (χ3n) is 4.29. The van der Waals surface area contributed by atoms with E-state index in [0.717, 1.165) is 6.42 Å². The molecule has 0 aliphatic carbocycles. The number of benzene rings is 1. The molecule has 2 atom stereocenters. The van der Waals surface area contributed by atoms with Gasteiger partial charge in [-0.25, -0.2) is 9.97 Å². The van der Waals surface area contributed by atoms with Gasteiger partial charge in [0, 0.05) is 12.6 Å². The Morgan fingerprint density at radius 3 is 2.40 bits per heavy atom. The van der Waals surface area contributed by atoms with Crippen molar-refractivity contribution in [2.75, 3.05) is 11.9 Å². The van der Waals surface area contributed by atoms with Gasteiger partial charge in [-0.2, -0.15) is 13.2 Å². The van der Waals surface area contributed by atoms with E-state index in [4.69, 9.17) is 16.3 Å². The molecular weight excluding hydrogens is 440 g/mol. The summed E-state index contributed by atoms with van der Waals surface area (Å²) in [6, 6.07) is 6.56. The summed E-state index contributed by atoms with van der Waals surface area (Å²) in [5.41, 5.74) is 0.679. The maximum atomic E-state index is 12.8.